The van der Waals surface area contributed by atoms with Crippen LogP contribution < -0.4 is 10.5 Å². The molecule has 2 saturated heterocycles. The fourth-order valence-corrected chi connectivity index (χ4v) is 2.98. The second kappa shape index (κ2) is 5.90. The number of aliphatic hydroxyl groups is 1. The fraction of sp³-hybridized carbons (Fsp3) is 0.692. The summed E-state index contributed by atoms with van der Waals surface area (Å²) in [5.41, 5.74) is -0.0919. The average Bonchev–Trinajstić information content (AvgIpc) is 2.82. The predicted molar refractivity (Wildman–Crippen MR) is 75.5 cm³/mol. The highest BCUT2D eigenvalue weighted by atomic mass is 35.5. The van der Waals surface area contributed by atoms with Crippen LogP contribution in [0.15, 0.2) is 11.0 Å². The number of halogens is 2. The lowest BCUT2D eigenvalue weighted by atomic mass is 10.2. The molecule has 1 aromatic heterocycles. The van der Waals surface area contributed by atoms with Crippen molar-refractivity contribution in [2.24, 2.45) is 0 Å². The minimum Gasteiger partial charge on any atom is -0.388 e. The van der Waals surface area contributed by atoms with Crippen LogP contribution in [-0.4, -0.2) is 46.9 Å². The molecule has 2 aliphatic rings. The molecule has 1 aromatic rings. The molecular formula is C13H17ClFN3O3. The van der Waals surface area contributed by atoms with E-state index in [1.165, 1.54) is 15.8 Å². The molecule has 0 aliphatic carbocycles. The molecule has 0 saturated carbocycles. The number of β-amino-alcohol motifs (C(OH)–C–C–N with tert-alkyl or cyclic N) is 1. The van der Waals surface area contributed by atoms with Crippen molar-refractivity contribution >= 4 is 17.3 Å². The molecule has 1 unspecified atom stereocenters. The van der Waals surface area contributed by atoms with Gasteiger partial charge in [-0.3, -0.25) is 4.79 Å². The summed E-state index contributed by atoms with van der Waals surface area (Å²) >= 11 is 6.12. The van der Waals surface area contributed by atoms with Gasteiger partial charge in [-0.25, -0.2) is 4.39 Å². The summed E-state index contributed by atoms with van der Waals surface area (Å²) in [5, 5.41) is 13.6. The highest BCUT2D eigenvalue weighted by Crippen LogP contribution is 2.28. The molecule has 0 spiro atoms. The molecule has 6 nitrogen and oxygen atoms in total. The fourth-order valence-electron chi connectivity index (χ4n) is 2.72. The minimum atomic E-state index is -1.34. The zero-order valence-corrected chi connectivity index (χ0v) is 12.2. The Balaban J connectivity index is 1.88. The Bertz CT molecular complexity index is 566. The van der Waals surface area contributed by atoms with Crippen LogP contribution in [0.2, 0.25) is 5.02 Å². The van der Waals surface area contributed by atoms with E-state index in [9.17, 15) is 14.3 Å². The van der Waals surface area contributed by atoms with Gasteiger partial charge in [-0.05, 0) is 19.3 Å². The van der Waals surface area contributed by atoms with Gasteiger partial charge in [0.15, 0.2) is 6.23 Å². The molecule has 2 aliphatic heterocycles. The minimum absolute atomic E-state index is 0.00590. The molecule has 1 N–H and O–H groups in total. The van der Waals surface area contributed by atoms with Gasteiger partial charge in [0.1, 0.15) is 17.3 Å². The first-order valence-corrected chi connectivity index (χ1v) is 7.41. The molecule has 3 atom stereocenters. The van der Waals surface area contributed by atoms with Crippen LogP contribution in [0, 0.1) is 0 Å². The molecular weight excluding hydrogens is 301 g/mol. The Morgan fingerprint density at radius 2 is 2.24 bits per heavy atom. The van der Waals surface area contributed by atoms with E-state index in [0.717, 1.165) is 19.3 Å². The molecule has 0 amide bonds. The Hall–Kier alpha value is -1.18. The van der Waals surface area contributed by atoms with E-state index in [-0.39, 0.29) is 18.1 Å². The maximum atomic E-state index is 13.4. The molecule has 0 aromatic carbocycles. The second-order valence-corrected chi connectivity index (χ2v) is 5.78. The molecule has 2 fully saturated rings. The van der Waals surface area contributed by atoms with Gasteiger partial charge in [0.05, 0.1) is 18.4 Å². The summed E-state index contributed by atoms with van der Waals surface area (Å²) < 4.78 is 20.2. The first-order valence-electron chi connectivity index (χ1n) is 7.04. The lowest BCUT2D eigenvalue weighted by Crippen LogP contribution is -2.33. The van der Waals surface area contributed by atoms with Gasteiger partial charge >= 0.3 is 0 Å². The van der Waals surface area contributed by atoms with E-state index < -0.39 is 24.1 Å². The van der Waals surface area contributed by atoms with Crippen molar-refractivity contribution in [1.29, 1.82) is 0 Å². The summed E-state index contributed by atoms with van der Waals surface area (Å²) in [6, 6.07) is 0. The van der Waals surface area contributed by atoms with Crippen LogP contribution in [0.5, 0.6) is 0 Å². The number of hydrogen-bond donors (Lipinski definition) is 1. The maximum absolute atomic E-state index is 13.4. The number of rotatable bonds is 2. The van der Waals surface area contributed by atoms with Crippen LogP contribution >= 0.6 is 11.6 Å². The van der Waals surface area contributed by atoms with E-state index in [1.54, 1.807) is 0 Å². The highest BCUT2D eigenvalue weighted by Gasteiger charge is 2.33. The van der Waals surface area contributed by atoms with Crippen molar-refractivity contribution in [3.05, 3.63) is 21.6 Å². The summed E-state index contributed by atoms with van der Waals surface area (Å²) in [4.78, 5) is 13.9. The number of hydrogen-bond acceptors (Lipinski definition) is 5. The van der Waals surface area contributed by atoms with Gasteiger partial charge < -0.3 is 14.7 Å². The Labute approximate surface area is 126 Å². The van der Waals surface area contributed by atoms with Crippen LogP contribution in [0.4, 0.5) is 10.1 Å². The average molecular weight is 318 g/mol. The van der Waals surface area contributed by atoms with Gasteiger partial charge in [-0.15, -0.1) is 0 Å². The molecule has 0 radical (unpaired) electrons. The standard InChI is InChI=1S/C13H17ClFN3O3/c14-12-9(17-6-8(15)10(19)7-17)5-16-18(13(12)20)11-3-1-2-4-21-11/h5,8,10-11,19H,1-4,6-7H2/t8-,10-,11?/m0/s1. The summed E-state index contributed by atoms with van der Waals surface area (Å²) in [6.45, 7) is 0.706. The quantitative estimate of drug-likeness (QED) is 0.885. The van der Waals surface area contributed by atoms with E-state index >= 15 is 0 Å². The molecule has 116 valence electrons. The summed E-state index contributed by atoms with van der Waals surface area (Å²) in [6.07, 6.45) is 1.30. The van der Waals surface area contributed by atoms with Crippen molar-refractivity contribution in [3.63, 3.8) is 0 Å². The normalized spacial score (nSPS) is 29.9. The summed E-state index contributed by atoms with van der Waals surface area (Å²) in [5.74, 6) is 0. The van der Waals surface area contributed by atoms with Gasteiger partial charge in [-0.2, -0.15) is 9.78 Å². The third-order valence-corrected chi connectivity index (χ3v) is 4.27. The molecule has 0 bridgehead atoms. The Morgan fingerprint density at radius 3 is 2.86 bits per heavy atom. The zero-order valence-electron chi connectivity index (χ0n) is 11.4. The van der Waals surface area contributed by atoms with Gasteiger partial charge in [0.25, 0.3) is 5.56 Å². The number of anilines is 1. The number of aromatic nitrogens is 2. The van der Waals surface area contributed by atoms with Crippen LogP contribution in [0.25, 0.3) is 0 Å². The molecule has 8 heteroatoms. The smallest absolute Gasteiger partial charge is 0.290 e. The highest BCUT2D eigenvalue weighted by molar-refractivity contribution is 6.33. The van der Waals surface area contributed by atoms with Crippen LogP contribution in [0.1, 0.15) is 25.5 Å². The van der Waals surface area contributed by atoms with Crippen LogP contribution in [-0.2, 0) is 4.74 Å². The maximum Gasteiger partial charge on any atom is 0.290 e. The largest absolute Gasteiger partial charge is 0.388 e. The summed E-state index contributed by atoms with van der Waals surface area (Å²) in [7, 11) is 0. The second-order valence-electron chi connectivity index (χ2n) is 5.40. The number of nitrogens with zero attached hydrogens (tertiary/aromatic N) is 3. The van der Waals surface area contributed by atoms with Crippen molar-refractivity contribution in [3.8, 4) is 0 Å². The molecule has 3 rings (SSSR count). The van der Waals surface area contributed by atoms with Crippen molar-refractivity contribution in [1.82, 2.24) is 9.78 Å². The van der Waals surface area contributed by atoms with E-state index in [0.29, 0.717) is 12.3 Å². The third kappa shape index (κ3) is 2.77. The third-order valence-electron chi connectivity index (χ3n) is 3.91. The molecule has 21 heavy (non-hydrogen) atoms. The zero-order chi connectivity index (χ0) is 15.0. The van der Waals surface area contributed by atoms with Gasteiger partial charge in [0.2, 0.25) is 0 Å². The number of alkyl halides is 1. The Kier molecular flexibility index (Phi) is 4.14. The van der Waals surface area contributed by atoms with E-state index in [1.807, 2.05) is 0 Å². The van der Waals surface area contributed by atoms with E-state index in [2.05, 4.69) is 5.10 Å². The topological polar surface area (TPSA) is 67.6 Å². The number of ether oxygens (including phenoxy) is 1. The lowest BCUT2D eigenvalue weighted by molar-refractivity contribution is -0.0424. The van der Waals surface area contributed by atoms with Gasteiger partial charge in [0, 0.05) is 13.2 Å². The SMILES string of the molecule is O=c1c(Cl)c(N2C[C@H](O)[C@@H](F)C2)cnn1C1CCCCO1. The number of aliphatic hydroxyl groups excluding tert-OH is 1. The lowest BCUT2D eigenvalue weighted by Gasteiger charge is -2.25. The molecule has 3 heterocycles. The monoisotopic (exact) mass is 317 g/mol. The van der Waals surface area contributed by atoms with Gasteiger partial charge in [-0.1, -0.05) is 11.6 Å². The van der Waals surface area contributed by atoms with E-state index in [4.69, 9.17) is 16.3 Å². The van der Waals surface area contributed by atoms with Crippen molar-refractivity contribution in [2.45, 2.75) is 37.8 Å². The first kappa shape index (κ1) is 14.7. The Morgan fingerprint density at radius 1 is 1.43 bits per heavy atom. The van der Waals surface area contributed by atoms with Crippen LogP contribution in [0.3, 0.4) is 0 Å². The predicted octanol–water partition coefficient (Wildman–Crippen LogP) is 1.11. The van der Waals surface area contributed by atoms with Crippen molar-refractivity contribution < 1.29 is 14.2 Å². The first-order chi connectivity index (χ1) is 10.1. The van der Waals surface area contributed by atoms with Crippen molar-refractivity contribution in [2.75, 3.05) is 24.6 Å².